The third-order valence-corrected chi connectivity index (χ3v) is 0. The quantitative estimate of drug-likeness (QED) is 0.317. The second kappa shape index (κ2) is 23.0. The molecule has 0 aromatic rings. The molecule has 0 fully saturated rings. The van der Waals surface area contributed by atoms with Gasteiger partial charge in [-0.2, -0.15) is 0 Å². The molecule has 0 saturated carbocycles. The average molecular weight is 244 g/mol. The van der Waals surface area contributed by atoms with Crippen LogP contribution in [-0.4, -0.2) is 148 Å². The first-order valence-corrected chi connectivity index (χ1v) is 3.91. The minimum absolute atomic E-state index is 0. The van der Waals surface area contributed by atoms with Crippen LogP contribution in [0.15, 0.2) is 0 Å². The Morgan fingerprint density at radius 1 is 0.727 bits per heavy atom. The Morgan fingerprint density at radius 2 is 0.727 bits per heavy atom. The second-order valence-corrected chi connectivity index (χ2v) is 1.70. The molecule has 11 heavy (non-hydrogen) atoms. The van der Waals surface area contributed by atoms with Gasteiger partial charge in [0.15, 0.2) is 0 Å². The van der Waals surface area contributed by atoms with Crippen molar-refractivity contribution < 1.29 is 28.1 Å². The van der Waals surface area contributed by atoms with Crippen molar-refractivity contribution in [2.45, 2.75) is 0 Å². The monoisotopic (exact) mass is 244 g/mol. The van der Waals surface area contributed by atoms with Gasteiger partial charge in [-0.25, -0.2) is 0 Å². The molecule has 0 aromatic heterocycles. The molecule has 0 radical (unpaired) electrons. The van der Waals surface area contributed by atoms with Crippen molar-refractivity contribution in [3.8, 4) is 0 Å². The molecule has 0 spiro atoms. The summed E-state index contributed by atoms with van der Waals surface area (Å²) >= 11 is 0. The predicted molar refractivity (Wildman–Crippen MR) is 43.2 cm³/mol. The molecule has 0 aliphatic rings. The molecule has 11 heteroatoms. The first-order chi connectivity index (χ1) is 3.46. The molecule has 54 valence electrons. The van der Waals surface area contributed by atoms with Crippen LogP contribution in [-0.2, 0) is 8.92 Å². The zero-order chi connectivity index (χ0) is 7.15. The molecule has 6 nitrogen and oxygen atoms in total. The van der Waals surface area contributed by atoms with E-state index >= 15 is 0 Å². The van der Waals surface area contributed by atoms with Crippen LogP contribution in [0.4, 0.5) is 0 Å². The summed E-state index contributed by atoms with van der Waals surface area (Å²) in [5.74, 6) is 0. The third kappa shape index (κ3) is 185. The number of rotatable bonds is 0. The van der Waals surface area contributed by atoms with Crippen LogP contribution >= 0.6 is 0 Å². The summed E-state index contributed by atoms with van der Waals surface area (Å²) in [5, 5.41) is 0. The van der Waals surface area contributed by atoms with Gasteiger partial charge in [0, 0.05) is 0 Å². The summed E-state index contributed by atoms with van der Waals surface area (Å²) in [5.41, 5.74) is 0. The molecule has 4 N–H and O–H groups in total. The van der Waals surface area contributed by atoms with Crippen LogP contribution in [0.2, 0.25) is 0 Å². The van der Waals surface area contributed by atoms with E-state index in [1.54, 1.807) is 0 Å². The number of hydrogen-bond acceptors (Lipinski definition) is 2. The van der Waals surface area contributed by atoms with E-state index in [1.807, 2.05) is 0 Å². The zero-order valence-electron chi connectivity index (χ0n) is 3.61. The van der Waals surface area contributed by atoms with Gasteiger partial charge in [0.25, 0.3) is 0 Å². The van der Waals surface area contributed by atoms with E-state index in [2.05, 4.69) is 0 Å². The fraction of sp³-hybridized carbons (Fsp3) is 0. The van der Waals surface area contributed by atoms with Crippen molar-refractivity contribution in [1.82, 2.24) is 0 Å². The molecule has 0 unspecified atom stereocenters. The normalized spacial score (nSPS) is 4.36. The minimum atomic E-state index is -3.13. The van der Waals surface area contributed by atoms with Crippen molar-refractivity contribution in [3.05, 3.63) is 0 Å². The Kier molecular flexibility index (Phi) is 61.2. The van der Waals surface area contributed by atoms with E-state index in [0.29, 0.717) is 0 Å². The van der Waals surface area contributed by atoms with Gasteiger partial charge in [-0.05, 0) is 0 Å². The standard InChI is InChI=1S/K.2Na.2H2O3Si.3H/c;;;2*1-4(2)3;;;/h;;;2*1-2H;;;. The molecule has 0 saturated heterocycles. The molecular formula is H7KNa2O6Si2. The Labute approximate surface area is 153 Å². The van der Waals surface area contributed by atoms with Crippen LogP contribution < -0.4 is 0 Å². The van der Waals surface area contributed by atoms with Gasteiger partial charge in [0.2, 0.25) is 0 Å². The van der Waals surface area contributed by atoms with E-state index in [1.165, 1.54) is 0 Å². The van der Waals surface area contributed by atoms with Crippen LogP contribution in [0.5, 0.6) is 0 Å². The third-order valence-electron chi connectivity index (χ3n) is 0. The summed E-state index contributed by atoms with van der Waals surface area (Å²) in [7, 11) is -6.26. The SMILES string of the molecule is O=[Si](O)O.O=[Si](O)O.[KH].[NaH].[NaH]. The first kappa shape index (κ1) is 29.2. The van der Waals surface area contributed by atoms with Gasteiger partial charge in [-0.15, -0.1) is 0 Å². The molecule has 0 amide bonds. The summed E-state index contributed by atoms with van der Waals surface area (Å²) in [4.78, 5) is 28.6. The number of hydrogen-bond donors (Lipinski definition) is 4. The average Bonchev–Trinajstić information content (AvgIpc) is 1.25. The molecule has 0 rings (SSSR count). The maximum absolute atomic E-state index is 8.74. The second-order valence-electron chi connectivity index (χ2n) is 0.565. The Morgan fingerprint density at radius 3 is 0.727 bits per heavy atom. The van der Waals surface area contributed by atoms with E-state index in [4.69, 9.17) is 28.1 Å². The summed E-state index contributed by atoms with van der Waals surface area (Å²) < 4.78 is 17.5. The molecule has 0 bridgehead atoms. The van der Waals surface area contributed by atoms with Crippen molar-refractivity contribution in [2.24, 2.45) is 0 Å². The van der Waals surface area contributed by atoms with E-state index in [9.17, 15) is 0 Å². The van der Waals surface area contributed by atoms with Gasteiger partial charge in [0.1, 0.15) is 0 Å². The molecule has 0 aromatic carbocycles. The molecule has 0 aliphatic heterocycles. The fourth-order valence-corrected chi connectivity index (χ4v) is 0. The van der Waals surface area contributed by atoms with Crippen molar-refractivity contribution >= 4 is 129 Å². The van der Waals surface area contributed by atoms with E-state index in [-0.39, 0.29) is 110 Å². The van der Waals surface area contributed by atoms with Gasteiger partial charge in [0.05, 0.1) is 0 Å². The van der Waals surface area contributed by atoms with Crippen LogP contribution in [0.3, 0.4) is 0 Å². The molecular weight excluding hydrogens is 237 g/mol. The van der Waals surface area contributed by atoms with Crippen LogP contribution in [0, 0.1) is 0 Å². The summed E-state index contributed by atoms with van der Waals surface area (Å²) in [6.45, 7) is 0. The summed E-state index contributed by atoms with van der Waals surface area (Å²) in [6.07, 6.45) is 0. The maximum atomic E-state index is 8.74. The topological polar surface area (TPSA) is 115 Å². The Hall–Kier alpha value is 2.87. The van der Waals surface area contributed by atoms with Gasteiger partial charge >= 0.3 is 129 Å². The predicted octanol–water partition coefficient (Wildman–Crippen LogP) is -5.17. The van der Waals surface area contributed by atoms with Crippen molar-refractivity contribution in [3.63, 3.8) is 0 Å². The fourth-order valence-electron chi connectivity index (χ4n) is 0. The van der Waals surface area contributed by atoms with Crippen molar-refractivity contribution in [1.29, 1.82) is 0 Å². The molecule has 0 heterocycles. The van der Waals surface area contributed by atoms with E-state index < -0.39 is 18.3 Å². The Balaban J connectivity index is -0.0000000171. The van der Waals surface area contributed by atoms with Crippen LogP contribution in [0.1, 0.15) is 0 Å². The first-order valence-electron chi connectivity index (χ1n) is 1.30. The van der Waals surface area contributed by atoms with Crippen molar-refractivity contribution in [2.75, 3.05) is 0 Å². The zero-order valence-corrected chi connectivity index (χ0v) is 5.61. The van der Waals surface area contributed by atoms with Gasteiger partial charge in [-0.3, -0.25) is 8.92 Å². The van der Waals surface area contributed by atoms with E-state index in [0.717, 1.165) is 0 Å². The summed E-state index contributed by atoms with van der Waals surface area (Å²) in [6, 6.07) is 0. The Bertz CT molecular complexity index is 76.6. The van der Waals surface area contributed by atoms with Crippen LogP contribution in [0.25, 0.3) is 0 Å². The van der Waals surface area contributed by atoms with Gasteiger partial charge in [-0.1, -0.05) is 0 Å². The molecule has 0 atom stereocenters. The van der Waals surface area contributed by atoms with Gasteiger partial charge < -0.3 is 19.2 Å². The molecule has 0 aliphatic carbocycles.